The van der Waals surface area contributed by atoms with E-state index >= 15 is 0 Å². The number of aromatic nitrogens is 3. The molecule has 1 aliphatic rings. The van der Waals surface area contributed by atoms with E-state index < -0.39 is 0 Å². The number of rotatable bonds is 3. The zero-order chi connectivity index (χ0) is 16.6. The number of hydrogen-bond donors (Lipinski definition) is 0. The van der Waals surface area contributed by atoms with Gasteiger partial charge in [-0.05, 0) is 33.6 Å². The first-order valence-electron chi connectivity index (χ1n) is 8.14. The average Bonchev–Trinajstić information content (AvgIpc) is 3.00. The number of amides is 1. The Bertz CT molecular complexity index is 718. The van der Waals surface area contributed by atoms with E-state index in [1.54, 1.807) is 11.3 Å². The second kappa shape index (κ2) is 6.43. The topological polar surface area (TPSA) is 51.0 Å². The van der Waals surface area contributed by atoms with E-state index in [2.05, 4.69) is 20.7 Å². The van der Waals surface area contributed by atoms with E-state index in [1.807, 2.05) is 32.7 Å². The van der Waals surface area contributed by atoms with Gasteiger partial charge in [-0.1, -0.05) is 0 Å². The molecule has 5 nitrogen and oxygen atoms in total. The Morgan fingerprint density at radius 2 is 2.13 bits per heavy atom. The molecule has 0 saturated carbocycles. The minimum Gasteiger partial charge on any atom is -0.342 e. The van der Waals surface area contributed by atoms with Crippen molar-refractivity contribution in [2.75, 3.05) is 13.1 Å². The molecule has 1 amide bonds. The SMILES string of the molecule is Cc1cn(C)c(C2CCCN(C(=O)Cc3sc(C)nc3C)C2)n1. The van der Waals surface area contributed by atoms with E-state index in [1.165, 1.54) is 0 Å². The third-order valence-corrected chi connectivity index (χ3v) is 5.56. The molecule has 23 heavy (non-hydrogen) atoms. The summed E-state index contributed by atoms with van der Waals surface area (Å²) in [4.78, 5) is 24.8. The highest BCUT2D eigenvalue weighted by molar-refractivity contribution is 7.11. The van der Waals surface area contributed by atoms with Gasteiger partial charge in [0.05, 0.1) is 22.8 Å². The van der Waals surface area contributed by atoms with Crippen molar-refractivity contribution in [1.82, 2.24) is 19.4 Å². The molecule has 1 aliphatic heterocycles. The van der Waals surface area contributed by atoms with E-state index in [9.17, 15) is 4.79 Å². The Morgan fingerprint density at radius 1 is 1.35 bits per heavy atom. The molecule has 0 aliphatic carbocycles. The molecule has 6 heteroatoms. The maximum absolute atomic E-state index is 12.7. The average molecular weight is 332 g/mol. The van der Waals surface area contributed by atoms with Crippen molar-refractivity contribution in [2.24, 2.45) is 7.05 Å². The maximum Gasteiger partial charge on any atom is 0.227 e. The van der Waals surface area contributed by atoms with E-state index in [0.717, 1.165) is 53.0 Å². The van der Waals surface area contributed by atoms with Crippen LogP contribution in [0.15, 0.2) is 6.20 Å². The first kappa shape index (κ1) is 16.2. The van der Waals surface area contributed by atoms with Crippen LogP contribution in [-0.2, 0) is 18.3 Å². The predicted octanol–water partition coefficient (Wildman–Crippen LogP) is 2.75. The quantitative estimate of drug-likeness (QED) is 0.868. The van der Waals surface area contributed by atoms with Crippen molar-refractivity contribution in [2.45, 2.75) is 46.0 Å². The highest BCUT2D eigenvalue weighted by Gasteiger charge is 2.27. The number of hydrogen-bond acceptors (Lipinski definition) is 4. The molecule has 3 heterocycles. The van der Waals surface area contributed by atoms with Crippen molar-refractivity contribution in [3.63, 3.8) is 0 Å². The molecule has 1 fully saturated rings. The van der Waals surface area contributed by atoms with Crippen LogP contribution in [-0.4, -0.2) is 38.4 Å². The van der Waals surface area contributed by atoms with Crippen LogP contribution < -0.4 is 0 Å². The Morgan fingerprint density at radius 3 is 2.74 bits per heavy atom. The van der Waals surface area contributed by atoms with Gasteiger partial charge in [-0.3, -0.25) is 4.79 Å². The van der Waals surface area contributed by atoms with Crippen LogP contribution in [0.25, 0.3) is 0 Å². The van der Waals surface area contributed by atoms with Gasteiger partial charge in [0.25, 0.3) is 0 Å². The Hall–Kier alpha value is -1.69. The van der Waals surface area contributed by atoms with Gasteiger partial charge >= 0.3 is 0 Å². The largest absolute Gasteiger partial charge is 0.342 e. The number of thiazole rings is 1. The first-order valence-corrected chi connectivity index (χ1v) is 8.96. The van der Waals surface area contributed by atoms with Crippen LogP contribution >= 0.6 is 11.3 Å². The lowest BCUT2D eigenvalue weighted by Gasteiger charge is -2.32. The lowest BCUT2D eigenvalue weighted by atomic mass is 9.97. The maximum atomic E-state index is 12.7. The van der Waals surface area contributed by atoms with Crippen molar-refractivity contribution in [3.05, 3.63) is 33.3 Å². The first-order chi connectivity index (χ1) is 10.9. The zero-order valence-corrected chi connectivity index (χ0v) is 15.1. The summed E-state index contributed by atoms with van der Waals surface area (Å²) in [5.74, 6) is 1.66. The molecule has 0 bridgehead atoms. The third kappa shape index (κ3) is 3.47. The van der Waals surface area contributed by atoms with Crippen LogP contribution in [0.1, 0.15) is 45.9 Å². The molecule has 3 rings (SSSR count). The fourth-order valence-corrected chi connectivity index (χ4v) is 4.34. The highest BCUT2D eigenvalue weighted by atomic mass is 32.1. The van der Waals surface area contributed by atoms with Gasteiger partial charge in [-0.25, -0.2) is 9.97 Å². The Balaban J connectivity index is 1.69. The van der Waals surface area contributed by atoms with Gasteiger partial charge in [-0.15, -0.1) is 11.3 Å². The van der Waals surface area contributed by atoms with Crippen LogP contribution in [0.3, 0.4) is 0 Å². The number of carbonyl (C=O) groups is 1. The van der Waals surface area contributed by atoms with Crippen molar-refractivity contribution < 1.29 is 4.79 Å². The molecule has 1 saturated heterocycles. The Labute approximate surface area is 141 Å². The lowest BCUT2D eigenvalue weighted by molar-refractivity contribution is -0.131. The van der Waals surface area contributed by atoms with Gasteiger partial charge in [0.15, 0.2) is 0 Å². The standard InChI is InChI=1S/C17H24N4OS/c1-11-9-20(4)17(18-11)14-6-5-7-21(10-14)16(22)8-15-12(2)19-13(3)23-15/h9,14H,5-8,10H2,1-4H3. The molecule has 2 aromatic rings. The minimum absolute atomic E-state index is 0.215. The van der Waals surface area contributed by atoms with Crippen LogP contribution in [0.5, 0.6) is 0 Å². The number of aryl methyl sites for hydroxylation is 4. The molecule has 1 atom stereocenters. The van der Waals surface area contributed by atoms with E-state index in [0.29, 0.717) is 12.3 Å². The van der Waals surface area contributed by atoms with E-state index in [4.69, 9.17) is 0 Å². The summed E-state index contributed by atoms with van der Waals surface area (Å²) in [6, 6.07) is 0. The lowest BCUT2D eigenvalue weighted by Crippen LogP contribution is -2.40. The fraction of sp³-hybridized carbons (Fsp3) is 0.588. The molecule has 0 N–H and O–H groups in total. The summed E-state index contributed by atoms with van der Waals surface area (Å²) in [6.45, 7) is 7.63. The molecule has 0 radical (unpaired) electrons. The summed E-state index contributed by atoms with van der Waals surface area (Å²) in [6.07, 6.45) is 4.68. The molecule has 124 valence electrons. The van der Waals surface area contributed by atoms with Gasteiger partial charge in [0.1, 0.15) is 5.82 Å². The van der Waals surface area contributed by atoms with Crippen LogP contribution in [0.2, 0.25) is 0 Å². The normalized spacial score (nSPS) is 18.4. The number of piperidine rings is 1. The number of imidazole rings is 1. The zero-order valence-electron chi connectivity index (χ0n) is 14.3. The summed E-state index contributed by atoms with van der Waals surface area (Å²) in [5, 5.41) is 1.03. The minimum atomic E-state index is 0.215. The van der Waals surface area contributed by atoms with Crippen molar-refractivity contribution in [3.8, 4) is 0 Å². The second-order valence-corrected chi connectivity index (χ2v) is 7.74. The smallest absolute Gasteiger partial charge is 0.227 e. The predicted molar refractivity (Wildman–Crippen MR) is 91.8 cm³/mol. The van der Waals surface area contributed by atoms with Gasteiger partial charge < -0.3 is 9.47 Å². The van der Waals surface area contributed by atoms with Crippen molar-refractivity contribution in [1.29, 1.82) is 0 Å². The summed E-state index contributed by atoms with van der Waals surface area (Å²) < 4.78 is 2.10. The Kier molecular flexibility index (Phi) is 4.53. The third-order valence-electron chi connectivity index (χ3n) is 4.48. The summed E-state index contributed by atoms with van der Waals surface area (Å²) in [5.41, 5.74) is 2.04. The fourth-order valence-electron chi connectivity index (χ4n) is 3.42. The number of nitrogens with zero attached hydrogens (tertiary/aromatic N) is 4. The summed E-state index contributed by atoms with van der Waals surface area (Å²) in [7, 11) is 2.04. The van der Waals surface area contributed by atoms with Gasteiger partial charge in [0, 0.05) is 37.1 Å². The number of carbonyl (C=O) groups excluding carboxylic acids is 1. The van der Waals surface area contributed by atoms with Gasteiger partial charge in [0.2, 0.25) is 5.91 Å². The second-order valence-electron chi connectivity index (χ2n) is 6.45. The van der Waals surface area contributed by atoms with Crippen LogP contribution in [0, 0.1) is 20.8 Å². The van der Waals surface area contributed by atoms with E-state index in [-0.39, 0.29) is 5.91 Å². The number of likely N-dealkylation sites (tertiary alicyclic amines) is 1. The molecule has 0 aromatic carbocycles. The molecular formula is C17H24N4OS. The summed E-state index contributed by atoms with van der Waals surface area (Å²) >= 11 is 1.63. The molecular weight excluding hydrogens is 308 g/mol. The molecule has 2 aromatic heterocycles. The monoisotopic (exact) mass is 332 g/mol. The highest BCUT2D eigenvalue weighted by Crippen LogP contribution is 2.27. The molecule has 1 unspecified atom stereocenters. The van der Waals surface area contributed by atoms with Crippen LogP contribution in [0.4, 0.5) is 0 Å². The van der Waals surface area contributed by atoms with Gasteiger partial charge in [-0.2, -0.15) is 0 Å². The van der Waals surface area contributed by atoms with Crippen molar-refractivity contribution >= 4 is 17.2 Å². The molecule has 0 spiro atoms.